The van der Waals surface area contributed by atoms with Gasteiger partial charge in [0.25, 0.3) is 11.5 Å². The zero-order valence-electron chi connectivity index (χ0n) is 19.8. The van der Waals surface area contributed by atoms with Crippen molar-refractivity contribution in [1.29, 1.82) is 0 Å². The van der Waals surface area contributed by atoms with Crippen LogP contribution in [0.5, 0.6) is 11.5 Å². The van der Waals surface area contributed by atoms with Gasteiger partial charge in [0, 0.05) is 12.1 Å². The monoisotopic (exact) mass is 466 g/mol. The summed E-state index contributed by atoms with van der Waals surface area (Å²) in [5.74, 6) is 0.602. The van der Waals surface area contributed by atoms with Crippen molar-refractivity contribution in [2.24, 2.45) is 5.92 Å². The highest BCUT2D eigenvalue weighted by Gasteiger charge is 2.26. The third-order valence-electron chi connectivity index (χ3n) is 5.47. The number of nitrogens with zero attached hydrogens (tertiary/aromatic N) is 2. The van der Waals surface area contributed by atoms with E-state index in [-0.39, 0.29) is 30.5 Å². The number of anilines is 2. The second-order valence-corrected chi connectivity index (χ2v) is 8.27. The molecule has 3 aromatic rings. The number of aromatic nitrogens is 2. The summed E-state index contributed by atoms with van der Waals surface area (Å²) in [5, 5.41) is 0. The van der Waals surface area contributed by atoms with Crippen LogP contribution >= 0.6 is 0 Å². The predicted molar refractivity (Wildman–Crippen MR) is 132 cm³/mol. The van der Waals surface area contributed by atoms with Crippen molar-refractivity contribution in [3.05, 3.63) is 80.5 Å². The van der Waals surface area contributed by atoms with E-state index < -0.39 is 17.2 Å². The number of H-pyrrole nitrogens is 1. The van der Waals surface area contributed by atoms with Crippen LogP contribution < -0.4 is 31.4 Å². The largest absolute Gasteiger partial charge is 0.493 e. The lowest BCUT2D eigenvalue weighted by Crippen LogP contribution is -2.42. The summed E-state index contributed by atoms with van der Waals surface area (Å²) in [4.78, 5) is 42.8. The lowest BCUT2D eigenvalue weighted by atomic mass is 10.1. The van der Waals surface area contributed by atoms with E-state index >= 15 is 0 Å². The number of methoxy groups -OCH3 is 2. The maximum absolute atomic E-state index is 13.6. The molecule has 1 heterocycles. The molecule has 1 aromatic heterocycles. The molecule has 2 aromatic carbocycles. The Morgan fingerprint density at radius 3 is 2.35 bits per heavy atom. The number of nitrogen functional groups attached to an aromatic ring is 1. The molecular formula is C25H30N4O5. The van der Waals surface area contributed by atoms with E-state index in [0.717, 1.165) is 5.56 Å². The standard InChI is InChI=1S/C25H30N4O5/c1-16(2)12-13-28(24(31)18-10-11-19(33-3)20(14-18)34-4)21-22(26)29(25(32)27-23(21)30)15-17-8-6-5-7-9-17/h5-11,14,16H,12-13,15,26H2,1-4H3,(H,27,30,32). The number of aromatic amines is 1. The van der Waals surface area contributed by atoms with Crippen molar-refractivity contribution < 1.29 is 14.3 Å². The Balaban J connectivity index is 2.12. The third-order valence-corrected chi connectivity index (χ3v) is 5.47. The summed E-state index contributed by atoms with van der Waals surface area (Å²) in [7, 11) is 2.98. The van der Waals surface area contributed by atoms with Crippen molar-refractivity contribution in [2.45, 2.75) is 26.8 Å². The molecule has 9 heteroatoms. The van der Waals surface area contributed by atoms with E-state index in [0.29, 0.717) is 23.5 Å². The van der Waals surface area contributed by atoms with Crippen LogP contribution in [0, 0.1) is 5.92 Å². The van der Waals surface area contributed by atoms with Crippen LogP contribution in [0.15, 0.2) is 58.1 Å². The number of nitrogens with one attached hydrogen (secondary N) is 1. The Bertz CT molecular complexity index is 1260. The summed E-state index contributed by atoms with van der Waals surface area (Å²) in [6, 6.07) is 14.0. The number of benzene rings is 2. The number of carbonyl (C=O) groups excluding carboxylic acids is 1. The molecule has 0 saturated heterocycles. The molecule has 0 saturated carbocycles. The maximum Gasteiger partial charge on any atom is 0.330 e. The van der Waals surface area contributed by atoms with Gasteiger partial charge in [0.05, 0.1) is 20.8 Å². The molecule has 0 bridgehead atoms. The number of nitrogens with two attached hydrogens (primary N) is 1. The first-order chi connectivity index (χ1) is 16.3. The molecule has 34 heavy (non-hydrogen) atoms. The van der Waals surface area contributed by atoms with E-state index in [2.05, 4.69) is 4.98 Å². The van der Waals surface area contributed by atoms with Gasteiger partial charge >= 0.3 is 5.69 Å². The number of ether oxygens (including phenoxy) is 2. The molecule has 0 unspecified atom stereocenters. The van der Waals surface area contributed by atoms with Gasteiger partial charge in [-0.25, -0.2) is 4.79 Å². The molecule has 1 amide bonds. The minimum atomic E-state index is -0.718. The lowest BCUT2D eigenvalue weighted by Gasteiger charge is -2.25. The van der Waals surface area contributed by atoms with E-state index in [1.165, 1.54) is 23.7 Å². The fourth-order valence-corrected chi connectivity index (χ4v) is 3.59. The van der Waals surface area contributed by atoms with Crippen molar-refractivity contribution in [3.63, 3.8) is 0 Å². The Morgan fingerprint density at radius 1 is 1.06 bits per heavy atom. The quantitative estimate of drug-likeness (QED) is 0.500. The van der Waals surface area contributed by atoms with Crippen LogP contribution in [0.3, 0.4) is 0 Å². The number of amides is 1. The van der Waals surface area contributed by atoms with Crippen molar-refractivity contribution >= 4 is 17.4 Å². The summed E-state index contributed by atoms with van der Waals surface area (Å²) < 4.78 is 11.8. The SMILES string of the molecule is COc1ccc(C(=O)N(CCC(C)C)c2c(N)n(Cc3ccccc3)c(=O)[nH]c2=O)cc1OC. The molecule has 0 radical (unpaired) electrons. The topological polar surface area (TPSA) is 120 Å². The number of hydrogen-bond donors (Lipinski definition) is 2. The smallest absolute Gasteiger partial charge is 0.330 e. The Labute approximate surface area is 197 Å². The van der Waals surface area contributed by atoms with Crippen molar-refractivity contribution in [1.82, 2.24) is 9.55 Å². The highest BCUT2D eigenvalue weighted by molar-refractivity contribution is 6.07. The average Bonchev–Trinajstić information content (AvgIpc) is 2.83. The van der Waals surface area contributed by atoms with E-state index in [4.69, 9.17) is 15.2 Å². The van der Waals surface area contributed by atoms with E-state index in [9.17, 15) is 14.4 Å². The van der Waals surface area contributed by atoms with Crippen LogP contribution in [0.2, 0.25) is 0 Å². The highest BCUT2D eigenvalue weighted by Crippen LogP contribution is 2.29. The summed E-state index contributed by atoms with van der Waals surface area (Å²) in [6.07, 6.45) is 0.621. The second-order valence-electron chi connectivity index (χ2n) is 8.27. The number of carbonyl (C=O) groups is 1. The Kier molecular flexibility index (Phi) is 7.78. The normalized spacial score (nSPS) is 10.9. The van der Waals surface area contributed by atoms with Gasteiger partial charge in [-0.15, -0.1) is 0 Å². The zero-order chi connectivity index (χ0) is 24.8. The molecule has 0 aliphatic carbocycles. The molecule has 0 aliphatic heterocycles. The van der Waals surface area contributed by atoms with Gasteiger partial charge in [-0.3, -0.25) is 19.1 Å². The maximum atomic E-state index is 13.6. The van der Waals surface area contributed by atoms with Crippen LogP contribution in [-0.2, 0) is 6.54 Å². The first kappa shape index (κ1) is 24.6. The Hall–Kier alpha value is -4.01. The highest BCUT2D eigenvalue weighted by atomic mass is 16.5. The first-order valence-corrected chi connectivity index (χ1v) is 11.0. The van der Waals surface area contributed by atoms with Crippen LogP contribution in [0.4, 0.5) is 11.5 Å². The summed E-state index contributed by atoms with van der Waals surface area (Å²) in [5.41, 5.74) is 6.06. The summed E-state index contributed by atoms with van der Waals surface area (Å²) >= 11 is 0. The Morgan fingerprint density at radius 2 is 1.74 bits per heavy atom. The molecule has 3 N–H and O–H groups in total. The number of rotatable bonds is 9. The molecule has 9 nitrogen and oxygen atoms in total. The van der Waals surface area contributed by atoms with Gasteiger partial charge in [0.2, 0.25) is 0 Å². The molecular weight excluding hydrogens is 436 g/mol. The van der Waals surface area contributed by atoms with Crippen LogP contribution in [0.25, 0.3) is 0 Å². The molecule has 0 fully saturated rings. The third kappa shape index (κ3) is 5.31. The van der Waals surface area contributed by atoms with E-state index in [1.54, 1.807) is 18.2 Å². The van der Waals surface area contributed by atoms with Gasteiger partial charge < -0.3 is 20.1 Å². The number of hydrogen-bond acceptors (Lipinski definition) is 6. The fourth-order valence-electron chi connectivity index (χ4n) is 3.59. The molecule has 180 valence electrons. The van der Waals surface area contributed by atoms with Crippen LogP contribution in [-0.4, -0.2) is 36.2 Å². The van der Waals surface area contributed by atoms with Crippen LogP contribution in [0.1, 0.15) is 36.2 Å². The van der Waals surface area contributed by atoms with Gasteiger partial charge in [0.15, 0.2) is 17.2 Å². The lowest BCUT2D eigenvalue weighted by molar-refractivity contribution is 0.0985. The second kappa shape index (κ2) is 10.7. The molecule has 0 atom stereocenters. The van der Waals surface area contributed by atoms with Gasteiger partial charge in [-0.2, -0.15) is 0 Å². The minimum Gasteiger partial charge on any atom is -0.493 e. The molecule has 3 rings (SSSR count). The van der Waals surface area contributed by atoms with E-state index in [1.807, 2.05) is 44.2 Å². The minimum absolute atomic E-state index is 0.0593. The van der Waals surface area contributed by atoms with Gasteiger partial charge in [-0.05, 0) is 36.1 Å². The van der Waals surface area contributed by atoms with Gasteiger partial charge in [0.1, 0.15) is 5.82 Å². The summed E-state index contributed by atoms with van der Waals surface area (Å²) in [6.45, 7) is 4.42. The fraction of sp³-hybridized carbons (Fsp3) is 0.320. The first-order valence-electron chi connectivity index (χ1n) is 11.0. The van der Waals surface area contributed by atoms with Crippen molar-refractivity contribution in [3.8, 4) is 11.5 Å². The predicted octanol–water partition coefficient (Wildman–Crippen LogP) is 2.88. The molecule has 0 aliphatic rings. The van der Waals surface area contributed by atoms with Gasteiger partial charge in [-0.1, -0.05) is 44.2 Å². The molecule has 0 spiro atoms. The average molecular weight is 467 g/mol. The zero-order valence-corrected chi connectivity index (χ0v) is 19.8. The van der Waals surface area contributed by atoms with Crippen molar-refractivity contribution in [2.75, 3.05) is 31.4 Å².